The molecule has 0 fully saturated rings. The number of hydrogen-bond donors (Lipinski definition) is 1. The lowest BCUT2D eigenvalue weighted by Crippen LogP contribution is -2.29. The summed E-state index contributed by atoms with van der Waals surface area (Å²) in [7, 11) is 0. The molecular weight excluding hydrogens is 335 g/mol. The van der Waals surface area contributed by atoms with Crippen LogP contribution in [0.5, 0.6) is 5.75 Å². The van der Waals surface area contributed by atoms with Crippen molar-refractivity contribution in [1.29, 1.82) is 0 Å². The van der Waals surface area contributed by atoms with Crippen LogP contribution in [0.3, 0.4) is 0 Å². The molecule has 0 spiro atoms. The summed E-state index contributed by atoms with van der Waals surface area (Å²) in [5.74, 6) is 0.0185. The number of anilines is 1. The second-order valence-electron chi connectivity index (χ2n) is 5.99. The second-order valence-corrected chi connectivity index (χ2v) is 6.82. The van der Waals surface area contributed by atoms with Gasteiger partial charge in [0.15, 0.2) is 5.13 Å². The minimum atomic E-state index is -0.252. The maximum Gasteiger partial charge on any atom is 0.186 e. The number of nitrogens with zero attached hydrogens (tertiary/aromatic N) is 2. The van der Waals surface area contributed by atoms with Gasteiger partial charge in [-0.25, -0.2) is 9.37 Å². The van der Waals surface area contributed by atoms with E-state index in [0.717, 1.165) is 30.2 Å². The number of halogens is 1. The molecule has 1 aliphatic heterocycles. The van der Waals surface area contributed by atoms with Gasteiger partial charge in [0.25, 0.3) is 0 Å². The summed E-state index contributed by atoms with van der Waals surface area (Å²) < 4.78 is 14.0. The molecule has 0 amide bonds. The number of aromatic hydroxyl groups is 1. The van der Waals surface area contributed by atoms with Crippen LogP contribution >= 0.6 is 11.3 Å². The Labute approximate surface area is 149 Å². The summed E-state index contributed by atoms with van der Waals surface area (Å²) in [6.07, 6.45) is 3.12. The average Bonchev–Trinajstić information content (AvgIpc) is 3.12. The van der Waals surface area contributed by atoms with Gasteiger partial charge < -0.3 is 10.0 Å². The van der Waals surface area contributed by atoms with Crippen molar-refractivity contribution in [3.05, 3.63) is 71.4 Å². The van der Waals surface area contributed by atoms with Gasteiger partial charge in [0, 0.05) is 24.0 Å². The number of aromatic nitrogens is 1. The molecule has 2 aromatic carbocycles. The van der Waals surface area contributed by atoms with E-state index in [-0.39, 0.29) is 11.6 Å². The van der Waals surface area contributed by atoms with Crippen molar-refractivity contribution in [3.8, 4) is 17.0 Å². The summed E-state index contributed by atoms with van der Waals surface area (Å²) in [4.78, 5) is 6.84. The van der Waals surface area contributed by atoms with Crippen molar-refractivity contribution in [2.75, 3.05) is 18.0 Å². The Balaban J connectivity index is 1.57. The molecule has 1 aromatic heterocycles. The fourth-order valence-electron chi connectivity index (χ4n) is 3.02. The lowest BCUT2D eigenvalue weighted by atomic mass is 10.0. The number of rotatable bonds is 3. The standard InChI is InChI=1S/C20H17FN2OS/c21-18-9-2-1-8-17(18)19-13-25-20(22-19)23-10-4-6-15(12-23)14-5-3-7-16(24)11-14/h1-3,5-9,11,13,24H,4,10,12H2. The van der Waals surface area contributed by atoms with Crippen LogP contribution in [0.1, 0.15) is 12.0 Å². The third kappa shape index (κ3) is 3.28. The Morgan fingerprint density at radius 2 is 2.00 bits per heavy atom. The van der Waals surface area contributed by atoms with Crippen LogP contribution in [0.25, 0.3) is 16.8 Å². The first-order valence-corrected chi connectivity index (χ1v) is 9.02. The van der Waals surface area contributed by atoms with Gasteiger partial charge in [-0.05, 0) is 41.8 Å². The maximum absolute atomic E-state index is 14.0. The van der Waals surface area contributed by atoms with Crippen molar-refractivity contribution in [3.63, 3.8) is 0 Å². The van der Waals surface area contributed by atoms with E-state index in [4.69, 9.17) is 0 Å². The molecule has 25 heavy (non-hydrogen) atoms. The summed E-state index contributed by atoms with van der Waals surface area (Å²) >= 11 is 1.53. The van der Waals surface area contributed by atoms with Crippen LogP contribution < -0.4 is 4.90 Å². The molecule has 3 nitrogen and oxygen atoms in total. The van der Waals surface area contributed by atoms with E-state index in [1.54, 1.807) is 24.3 Å². The van der Waals surface area contributed by atoms with Crippen LogP contribution in [0.4, 0.5) is 9.52 Å². The van der Waals surface area contributed by atoms with E-state index in [9.17, 15) is 9.50 Å². The normalized spacial score (nSPS) is 14.4. The maximum atomic E-state index is 14.0. The Kier molecular flexibility index (Phi) is 4.24. The van der Waals surface area contributed by atoms with E-state index >= 15 is 0 Å². The minimum absolute atomic E-state index is 0.252. The first-order valence-electron chi connectivity index (χ1n) is 8.14. The number of hydrogen-bond acceptors (Lipinski definition) is 4. The van der Waals surface area contributed by atoms with E-state index in [1.807, 2.05) is 23.6 Å². The molecule has 126 valence electrons. The Morgan fingerprint density at radius 3 is 2.84 bits per heavy atom. The van der Waals surface area contributed by atoms with Crippen LogP contribution in [0.2, 0.25) is 0 Å². The monoisotopic (exact) mass is 352 g/mol. The zero-order valence-corrected chi connectivity index (χ0v) is 14.3. The van der Waals surface area contributed by atoms with Gasteiger partial charge in [-0.15, -0.1) is 11.3 Å². The molecule has 0 aliphatic carbocycles. The zero-order valence-electron chi connectivity index (χ0n) is 13.5. The number of phenols is 1. The van der Waals surface area contributed by atoms with Crippen molar-refractivity contribution < 1.29 is 9.50 Å². The molecule has 0 saturated heterocycles. The first kappa shape index (κ1) is 15.8. The van der Waals surface area contributed by atoms with Crippen molar-refractivity contribution >= 4 is 22.0 Å². The number of phenolic OH excluding ortho intramolecular Hbond substituents is 1. The zero-order chi connectivity index (χ0) is 17.2. The lowest BCUT2D eigenvalue weighted by molar-refractivity contribution is 0.475. The van der Waals surface area contributed by atoms with E-state index < -0.39 is 0 Å². The smallest absolute Gasteiger partial charge is 0.186 e. The molecule has 2 heterocycles. The number of thiazole rings is 1. The Hall–Kier alpha value is -2.66. The highest BCUT2D eigenvalue weighted by molar-refractivity contribution is 7.14. The highest BCUT2D eigenvalue weighted by atomic mass is 32.1. The highest BCUT2D eigenvalue weighted by Gasteiger charge is 2.18. The second kappa shape index (κ2) is 6.69. The average molecular weight is 352 g/mol. The third-order valence-electron chi connectivity index (χ3n) is 4.28. The molecule has 4 rings (SSSR count). The van der Waals surface area contributed by atoms with Crippen molar-refractivity contribution in [2.24, 2.45) is 0 Å². The number of benzene rings is 2. The third-order valence-corrected chi connectivity index (χ3v) is 5.18. The van der Waals surface area contributed by atoms with Crippen molar-refractivity contribution in [1.82, 2.24) is 4.98 Å². The van der Waals surface area contributed by atoms with Gasteiger partial charge in [0.1, 0.15) is 11.6 Å². The molecular formula is C20H17FN2OS. The summed E-state index contributed by atoms with van der Waals surface area (Å²) in [5, 5.41) is 12.5. The van der Waals surface area contributed by atoms with Gasteiger partial charge in [-0.2, -0.15) is 0 Å². The Bertz CT molecular complexity index is 935. The molecule has 0 unspecified atom stereocenters. The van der Waals surface area contributed by atoms with Crippen molar-refractivity contribution in [2.45, 2.75) is 6.42 Å². The minimum Gasteiger partial charge on any atom is -0.508 e. The molecule has 0 bridgehead atoms. The Morgan fingerprint density at radius 1 is 1.12 bits per heavy atom. The molecule has 0 radical (unpaired) electrons. The summed E-state index contributed by atoms with van der Waals surface area (Å²) in [6.45, 7) is 1.61. The highest BCUT2D eigenvalue weighted by Crippen LogP contribution is 2.32. The predicted octanol–water partition coefficient (Wildman–Crippen LogP) is 4.95. The van der Waals surface area contributed by atoms with Gasteiger partial charge >= 0.3 is 0 Å². The first-order chi connectivity index (χ1) is 12.2. The van der Waals surface area contributed by atoms with Crippen LogP contribution in [0.15, 0.2) is 60.0 Å². The molecule has 0 saturated carbocycles. The topological polar surface area (TPSA) is 36.4 Å². The van der Waals surface area contributed by atoms with Gasteiger partial charge in [-0.3, -0.25) is 0 Å². The molecule has 1 N–H and O–H groups in total. The van der Waals surface area contributed by atoms with Crippen LogP contribution in [0, 0.1) is 5.82 Å². The van der Waals surface area contributed by atoms with Gasteiger partial charge in [-0.1, -0.05) is 30.3 Å². The summed E-state index contributed by atoms with van der Waals surface area (Å²) in [6, 6.07) is 14.0. The predicted molar refractivity (Wildman–Crippen MR) is 100 cm³/mol. The van der Waals surface area contributed by atoms with Gasteiger partial charge in [0.2, 0.25) is 0 Å². The molecule has 0 atom stereocenters. The summed E-state index contributed by atoms with van der Waals surface area (Å²) in [5.41, 5.74) is 3.40. The quantitative estimate of drug-likeness (QED) is 0.725. The van der Waals surface area contributed by atoms with Gasteiger partial charge in [0.05, 0.1) is 5.69 Å². The molecule has 1 aliphatic rings. The van der Waals surface area contributed by atoms with E-state index in [2.05, 4.69) is 16.0 Å². The van der Waals surface area contributed by atoms with Crippen LogP contribution in [-0.4, -0.2) is 23.2 Å². The lowest BCUT2D eigenvalue weighted by Gasteiger charge is -2.27. The van der Waals surface area contributed by atoms with E-state index in [0.29, 0.717) is 11.3 Å². The van der Waals surface area contributed by atoms with E-state index in [1.165, 1.54) is 23.0 Å². The fraction of sp³-hybridized carbons (Fsp3) is 0.150. The largest absolute Gasteiger partial charge is 0.508 e. The fourth-order valence-corrected chi connectivity index (χ4v) is 3.88. The molecule has 5 heteroatoms. The molecule has 3 aromatic rings. The SMILES string of the molecule is Oc1cccc(C2=CCCN(c3nc(-c4ccccc4F)cs3)C2)c1. The van der Waals surface area contributed by atoms with Crippen LogP contribution in [-0.2, 0) is 0 Å².